The van der Waals surface area contributed by atoms with Crippen molar-refractivity contribution in [2.45, 2.75) is 31.9 Å². The average molecular weight is 313 g/mol. The van der Waals surface area contributed by atoms with Crippen molar-refractivity contribution in [2.24, 2.45) is 0 Å². The Labute approximate surface area is 134 Å². The Morgan fingerprint density at radius 3 is 2.70 bits per heavy atom. The third-order valence-electron chi connectivity index (χ3n) is 4.03. The molecule has 5 nitrogen and oxygen atoms in total. The summed E-state index contributed by atoms with van der Waals surface area (Å²) in [7, 11) is 0. The van der Waals surface area contributed by atoms with E-state index in [-0.39, 0.29) is 24.3 Å². The number of aliphatic hydroxyl groups is 1. The van der Waals surface area contributed by atoms with Crippen LogP contribution in [0.5, 0.6) is 0 Å². The van der Waals surface area contributed by atoms with Gasteiger partial charge in [-0.25, -0.2) is 0 Å². The van der Waals surface area contributed by atoms with Crippen LogP contribution >= 0.6 is 0 Å². The fourth-order valence-electron chi connectivity index (χ4n) is 2.92. The minimum absolute atomic E-state index is 0.00809. The van der Waals surface area contributed by atoms with Gasteiger partial charge in [-0.15, -0.1) is 0 Å². The predicted molar refractivity (Wildman–Crippen MR) is 84.3 cm³/mol. The predicted octanol–water partition coefficient (Wildman–Crippen LogP) is 2.13. The third-order valence-corrected chi connectivity index (χ3v) is 4.03. The molecule has 3 rings (SSSR count). The van der Waals surface area contributed by atoms with E-state index in [4.69, 9.17) is 4.74 Å². The van der Waals surface area contributed by atoms with Crippen LogP contribution < -0.4 is 0 Å². The van der Waals surface area contributed by atoms with E-state index in [1.54, 1.807) is 25.1 Å². The van der Waals surface area contributed by atoms with E-state index < -0.39 is 6.10 Å². The number of carbonyl (C=O) groups is 2. The van der Waals surface area contributed by atoms with Crippen molar-refractivity contribution in [1.29, 1.82) is 0 Å². The number of esters is 1. The van der Waals surface area contributed by atoms with Gasteiger partial charge < -0.3 is 14.4 Å². The molecule has 0 saturated carbocycles. The van der Waals surface area contributed by atoms with Crippen molar-refractivity contribution in [3.63, 3.8) is 0 Å². The number of aromatic nitrogens is 1. The number of rotatable bonds is 5. The molecule has 1 aliphatic heterocycles. The molecule has 2 atom stereocenters. The first-order valence-corrected chi connectivity index (χ1v) is 7.72. The molecule has 0 amide bonds. The number of benzene rings is 1. The molecular weight excluding hydrogens is 294 g/mol. The van der Waals surface area contributed by atoms with Gasteiger partial charge in [0.15, 0.2) is 0 Å². The molecule has 0 saturated heterocycles. The summed E-state index contributed by atoms with van der Waals surface area (Å²) >= 11 is 0. The van der Waals surface area contributed by atoms with Crippen LogP contribution in [0.4, 0.5) is 0 Å². The zero-order chi connectivity index (χ0) is 16.4. The van der Waals surface area contributed by atoms with Crippen molar-refractivity contribution in [1.82, 2.24) is 4.57 Å². The van der Waals surface area contributed by atoms with Crippen molar-refractivity contribution < 1.29 is 19.4 Å². The van der Waals surface area contributed by atoms with Crippen molar-refractivity contribution in [3.8, 4) is 0 Å². The number of fused-ring (bicyclic) bond motifs is 1. The maximum Gasteiger partial charge on any atom is 0.315 e. The van der Waals surface area contributed by atoms with Crippen LogP contribution in [-0.2, 0) is 16.1 Å². The summed E-state index contributed by atoms with van der Waals surface area (Å²) in [5.74, 6) is -0.762. The van der Waals surface area contributed by atoms with Crippen LogP contribution in [0.1, 0.15) is 41.0 Å². The monoisotopic (exact) mass is 313 g/mol. The Morgan fingerprint density at radius 1 is 1.26 bits per heavy atom. The number of nitrogens with zero attached hydrogens (tertiary/aromatic N) is 1. The summed E-state index contributed by atoms with van der Waals surface area (Å²) in [5, 5.41) is 9.22. The highest BCUT2D eigenvalue weighted by Crippen LogP contribution is 2.32. The second-order valence-electron chi connectivity index (χ2n) is 5.81. The Hall–Kier alpha value is -2.40. The molecule has 23 heavy (non-hydrogen) atoms. The second-order valence-corrected chi connectivity index (χ2v) is 5.81. The standard InChI is InChI=1S/C18H19NO4/c1-12(20)11-23-18(22)14-9-10-19-15(14)7-8-16(19)17(21)13-5-3-2-4-6-13/h2-8,12,14,20H,9-11H2,1H3. The first kappa shape index (κ1) is 15.5. The van der Waals surface area contributed by atoms with Gasteiger partial charge in [-0.1, -0.05) is 30.3 Å². The molecule has 1 aromatic carbocycles. The molecule has 2 aromatic rings. The lowest BCUT2D eigenvalue weighted by Crippen LogP contribution is -2.19. The summed E-state index contributed by atoms with van der Waals surface area (Å²) in [6, 6.07) is 12.7. The van der Waals surface area contributed by atoms with Gasteiger partial charge in [-0.05, 0) is 25.5 Å². The van der Waals surface area contributed by atoms with E-state index in [1.807, 2.05) is 28.8 Å². The van der Waals surface area contributed by atoms with E-state index in [0.29, 0.717) is 24.2 Å². The van der Waals surface area contributed by atoms with Crippen LogP contribution in [0.15, 0.2) is 42.5 Å². The molecule has 1 aromatic heterocycles. The summed E-state index contributed by atoms with van der Waals surface area (Å²) in [6.07, 6.45) is -0.0634. The van der Waals surface area contributed by atoms with Gasteiger partial charge in [0.2, 0.25) is 5.78 Å². The molecule has 0 aliphatic carbocycles. The van der Waals surface area contributed by atoms with E-state index in [9.17, 15) is 14.7 Å². The lowest BCUT2D eigenvalue weighted by atomic mass is 10.1. The lowest BCUT2D eigenvalue weighted by molar-refractivity contribution is -0.148. The van der Waals surface area contributed by atoms with Gasteiger partial charge in [0.25, 0.3) is 0 Å². The van der Waals surface area contributed by atoms with Gasteiger partial charge in [0, 0.05) is 17.8 Å². The van der Waals surface area contributed by atoms with Crippen LogP contribution in [0.25, 0.3) is 0 Å². The summed E-state index contributed by atoms with van der Waals surface area (Å²) in [4.78, 5) is 24.7. The molecule has 2 unspecified atom stereocenters. The van der Waals surface area contributed by atoms with Gasteiger partial charge in [-0.3, -0.25) is 9.59 Å². The number of hydrogen-bond acceptors (Lipinski definition) is 4. The molecule has 0 fully saturated rings. The molecule has 2 heterocycles. The zero-order valence-corrected chi connectivity index (χ0v) is 12.9. The van der Waals surface area contributed by atoms with E-state index >= 15 is 0 Å². The first-order chi connectivity index (χ1) is 11.1. The summed E-state index contributed by atoms with van der Waals surface area (Å²) in [5.41, 5.74) is 2.03. The van der Waals surface area contributed by atoms with E-state index in [1.165, 1.54) is 0 Å². The molecule has 120 valence electrons. The maximum absolute atomic E-state index is 12.6. The third kappa shape index (κ3) is 3.05. The molecule has 1 N–H and O–H groups in total. The number of hydrogen-bond donors (Lipinski definition) is 1. The molecular formula is C18H19NO4. The molecule has 0 bridgehead atoms. The molecule has 0 radical (unpaired) electrons. The average Bonchev–Trinajstić information content (AvgIpc) is 3.14. The summed E-state index contributed by atoms with van der Waals surface area (Å²) < 4.78 is 7.00. The maximum atomic E-state index is 12.6. The van der Waals surface area contributed by atoms with Gasteiger partial charge >= 0.3 is 5.97 Å². The SMILES string of the molecule is CC(O)COC(=O)C1CCn2c(C(=O)c3ccccc3)ccc21. The molecule has 0 spiro atoms. The van der Waals surface area contributed by atoms with E-state index in [2.05, 4.69) is 0 Å². The normalized spacial score (nSPS) is 17.6. The Morgan fingerprint density at radius 2 is 2.00 bits per heavy atom. The Bertz CT molecular complexity index is 718. The quantitative estimate of drug-likeness (QED) is 0.678. The highest BCUT2D eigenvalue weighted by Gasteiger charge is 2.33. The van der Waals surface area contributed by atoms with Crippen LogP contribution in [-0.4, -0.2) is 34.1 Å². The van der Waals surface area contributed by atoms with Gasteiger partial charge in [-0.2, -0.15) is 0 Å². The van der Waals surface area contributed by atoms with Crippen LogP contribution in [0.2, 0.25) is 0 Å². The molecule has 5 heteroatoms. The smallest absolute Gasteiger partial charge is 0.315 e. The van der Waals surface area contributed by atoms with Crippen molar-refractivity contribution >= 4 is 11.8 Å². The number of ketones is 1. The minimum Gasteiger partial charge on any atom is -0.462 e. The fourth-order valence-corrected chi connectivity index (χ4v) is 2.92. The highest BCUT2D eigenvalue weighted by molar-refractivity contribution is 6.08. The number of carbonyl (C=O) groups excluding carboxylic acids is 2. The van der Waals surface area contributed by atoms with Crippen LogP contribution in [0.3, 0.4) is 0 Å². The topological polar surface area (TPSA) is 68.5 Å². The van der Waals surface area contributed by atoms with Crippen molar-refractivity contribution in [2.75, 3.05) is 6.61 Å². The van der Waals surface area contributed by atoms with Crippen molar-refractivity contribution in [3.05, 3.63) is 59.4 Å². The van der Waals surface area contributed by atoms with Gasteiger partial charge in [0.05, 0.1) is 17.7 Å². The number of ether oxygens (including phenoxy) is 1. The van der Waals surface area contributed by atoms with E-state index in [0.717, 1.165) is 5.69 Å². The Balaban J connectivity index is 1.80. The summed E-state index contributed by atoms with van der Waals surface area (Å²) in [6.45, 7) is 2.18. The lowest BCUT2D eigenvalue weighted by Gasteiger charge is -2.11. The first-order valence-electron chi connectivity index (χ1n) is 7.72. The van der Waals surface area contributed by atoms with Crippen LogP contribution in [0, 0.1) is 0 Å². The minimum atomic E-state index is -0.678. The Kier molecular flexibility index (Phi) is 4.30. The largest absolute Gasteiger partial charge is 0.462 e. The second kappa shape index (κ2) is 6.38. The molecule has 1 aliphatic rings. The number of aliphatic hydroxyl groups excluding tert-OH is 1. The zero-order valence-electron chi connectivity index (χ0n) is 12.9. The fraction of sp³-hybridized carbons (Fsp3) is 0.333. The highest BCUT2D eigenvalue weighted by atomic mass is 16.5. The van der Waals surface area contributed by atoms with Gasteiger partial charge in [0.1, 0.15) is 6.61 Å².